The molecule has 0 atom stereocenters. The number of aromatic nitrogens is 1. The second-order valence-corrected chi connectivity index (χ2v) is 8.82. The Morgan fingerprint density at radius 2 is 1.71 bits per heavy atom. The smallest absolute Gasteiger partial charge is 0.297 e. The second kappa shape index (κ2) is 13.4. The monoisotopic (exact) mass is 475 g/mol. The van der Waals surface area contributed by atoms with Crippen molar-refractivity contribution >= 4 is 10.9 Å². The first-order valence-electron chi connectivity index (χ1n) is 12.4. The van der Waals surface area contributed by atoms with Crippen LogP contribution in [0.15, 0.2) is 77.6 Å². The van der Waals surface area contributed by atoms with Gasteiger partial charge in [-0.2, -0.15) is 0 Å². The molecule has 0 fully saturated rings. The number of ether oxygens (including phenoxy) is 3. The zero-order valence-electron chi connectivity index (χ0n) is 21.2. The zero-order valence-corrected chi connectivity index (χ0v) is 21.2. The summed E-state index contributed by atoms with van der Waals surface area (Å²) < 4.78 is 19.8. The van der Waals surface area contributed by atoms with Crippen molar-refractivity contribution in [2.75, 3.05) is 13.2 Å². The lowest BCUT2D eigenvalue weighted by atomic mass is 10.1. The molecule has 0 unspecified atom stereocenters. The highest BCUT2D eigenvalue weighted by molar-refractivity contribution is 5.89. The molecule has 35 heavy (non-hydrogen) atoms. The van der Waals surface area contributed by atoms with E-state index in [9.17, 15) is 4.79 Å². The Morgan fingerprint density at radius 3 is 2.43 bits per heavy atom. The maximum atomic E-state index is 13.6. The van der Waals surface area contributed by atoms with E-state index in [-0.39, 0.29) is 17.9 Å². The van der Waals surface area contributed by atoms with Crippen molar-refractivity contribution in [3.63, 3.8) is 0 Å². The lowest BCUT2D eigenvalue weighted by Crippen LogP contribution is -2.24. The average molecular weight is 476 g/mol. The normalized spacial score (nSPS) is 10.7. The first-order valence-corrected chi connectivity index (χ1v) is 12.4. The number of hydrogen-bond acceptors (Lipinski definition) is 4. The van der Waals surface area contributed by atoms with E-state index in [2.05, 4.69) is 13.5 Å². The van der Waals surface area contributed by atoms with Crippen molar-refractivity contribution in [2.45, 2.75) is 59.6 Å². The zero-order chi connectivity index (χ0) is 25.0. The van der Waals surface area contributed by atoms with Gasteiger partial charge in [0.15, 0.2) is 5.75 Å². The molecule has 5 heteroatoms. The van der Waals surface area contributed by atoms with E-state index in [0.717, 1.165) is 47.7 Å². The van der Waals surface area contributed by atoms with Crippen molar-refractivity contribution in [3.05, 3.63) is 88.8 Å². The summed E-state index contributed by atoms with van der Waals surface area (Å²) in [5.74, 6) is 1.40. The molecule has 186 valence electrons. The minimum atomic E-state index is -0.191. The van der Waals surface area contributed by atoms with Gasteiger partial charge in [-0.3, -0.25) is 4.79 Å². The molecule has 0 bridgehead atoms. The summed E-state index contributed by atoms with van der Waals surface area (Å²) in [7, 11) is 0. The highest BCUT2D eigenvalue weighted by Crippen LogP contribution is 2.35. The third-order valence-electron chi connectivity index (χ3n) is 5.70. The molecule has 0 amide bonds. The summed E-state index contributed by atoms with van der Waals surface area (Å²) in [6.07, 6.45) is 7.87. The third kappa shape index (κ3) is 7.25. The molecule has 3 aromatic rings. The van der Waals surface area contributed by atoms with Gasteiger partial charge in [-0.1, -0.05) is 74.7 Å². The number of nitrogens with zero attached hydrogens (tertiary/aromatic N) is 1. The summed E-state index contributed by atoms with van der Waals surface area (Å²) in [4.78, 5) is 13.6. The van der Waals surface area contributed by atoms with Crippen LogP contribution in [-0.2, 0) is 13.2 Å². The van der Waals surface area contributed by atoms with Crippen LogP contribution >= 0.6 is 0 Å². The van der Waals surface area contributed by atoms with Crippen LogP contribution in [0.1, 0.15) is 52.0 Å². The van der Waals surface area contributed by atoms with Gasteiger partial charge in [0.25, 0.3) is 5.56 Å². The van der Waals surface area contributed by atoms with E-state index in [0.29, 0.717) is 31.3 Å². The number of fused-ring (bicyclic) bond motifs is 1. The van der Waals surface area contributed by atoms with Crippen LogP contribution in [0, 0.1) is 0 Å². The number of benzene rings is 2. The number of aryl methyl sites for hydroxylation is 1. The molecule has 3 rings (SSSR count). The van der Waals surface area contributed by atoms with Crippen molar-refractivity contribution in [1.82, 2.24) is 4.57 Å². The summed E-state index contributed by atoms with van der Waals surface area (Å²) in [6, 6.07) is 15.8. The van der Waals surface area contributed by atoms with Gasteiger partial charge >= 0.3 is 0 Å². The van der Waals surface area contributed by atoms with E-state index in [1.807, 2.05) is 68.5 Å². The van der Waals surface area contributed by atoms with Gasteiger partial charge in [0, 0.05) is 18.0 Å². The Hall–Kier alpha value is -3.47. The number of allylic oxidation sites excluding steroid dienone is 1. The first kappa shape index (κ1) is 26.1. The molecule has 0 saturated carbocycles. The molecule has 2 aromatic carbocycles. The average Bonchev–Trinajstić information content (AvgIpc) is 2.86. The lowest BCUT2D eigenvalue weighted by molar-refractivity contribution is 0.302. The van der Waals surface area contributed by atoms with Gasteiger partial charge in [0.1, 0.15) is 25.6 Å². The van der Waals surface area contributed by atoms with Gasteiger partial charge in [-0.15, -0.1) is 0 Å². The molecule has 1 heterocycles. The van der Waals surface area contributed by atoms with E-state index in [1.165, 1.54) is 0 Å². The fourth-order valence-corrected chi connectivity index (χ4v) is 3.83. The third-order valence-corrected chi connectivity index (χ3v) is 5.70. The minimum Gasteiger partial charge on any atom is -0.489 e. The van der Waals surface area contributed by atoms with E-state index >= 15 is 0 Å². The maximum Gasteiger partial charge on any atom is 0.297 e. The first-order chi connectivity index (χ1) is 17.0. The Balaban J connectivity index is 2.06. The molecule has 0 N–H and O–H groups in total. The molecule has 0 aliphatic heterocycles. The highest BCUT2D eigenvalue weighted by atomic mass is 16.5. The number of pyridine rings is 1. The number of hydrogen-bond donors (Lipinski definition) is 0. The van der Waals surface area contributed by atoms with E-state index < -0.39 is 0 Å². The van der Waals surface area contributed by atoms with Gasteiger partial charge in [-0.25, -0.2) is 0 Å². The summed E-state index contributed by atoms with van der Waals surface area (Å²) in [5.41, 5.74) is 2.82. The van der Waals surface area contributed by atoms with Crippen LogP contribution in [0.3, 0.4) is 0 Å². The molecule has 0 radical (unpaired) electrons. The van der Waals surface area contributed by atoms with Crippen molar-refractivity contribution in [3.8, 4) is 17.2 Å². The largest absolute Gasteiger partial charge is 0.489 e. The highest BCUT2D eigenvalue weighted by Gasteiger charge is 2.20. The minimum absolute atomic E-state index is 0.191. The van der Waals surface area contributed by atoms with Crippen LogP contribution in [0.5, 0.6) is 17.2 Å². The standard InChI is InChI=1S/C30H37NO4/c1-5-7-8-12-18-31-27-21-25(35-22-24-13-10-9-11-14-24)15-16-26(27)28(34-20-17-23(3)4)29(30(31)32)33-19-6-2/h6,9-11,13-17,21H,2,5,7-8,12,18-20,22H2,1,3-4H3. The van der Waals surface area contributed by atoms with Crippen LogP contribution in [-0.4, -0.2) is 17.8 Å². The molecule has 0 saturated heterocycles. The summed E-state index contributed by atoms with van der Waals surface area (Å²) in [6.45, 7) is 11.6. The quantitative estimate of drug-likeness (QED) is 0.185. The predicted molar refractivity (Wildman–Crippen MR) is 144 cm³/mol. The van der Waals surface area contributed by atoms with Gasteiger partial charge < -0.3 is 18.8 Å². The van der Waals surface area contributed by atoms with Crippen LogP contribution in [0.2, 0.25) is 0 Å². The molecule has 5 nitrogen and oxygen atoms in total. The molecule has 1 aromatic heterocycles. The second-order valence-electron chi connectivity index (χ2n) is 8.82. The van der Waals surface area contributed by atoms with Crippen molar-refractivity contribution in [1.29, 1.82) is 0 Å². The van der Waals surface area contributed by atoms with E-state index in [4.69, 9.17) is 14.2 Å². The Labute approximate surface area is 208 Å². The molecular weight excluding hydrogens is 438 g/mol. The van der Waals surface area contributed by atoms with Crippen LogP contribution < -0.4 is 19.8 Å². The van der Waals surface area contributed by atoms with Gasteiger partial charge in [-0.05, 0) is 44.0 Å². The fourth-order valence-electron chi connectivity index (χ4n) is 3.83. The molecular formula is C30H37NO4. The van der Waals surface area contributed by atoms with Crippen LogP contribution in [0.4, 0.5) is 0 Å². The molecule has 0 aliphatic carbocycles. The topological polar surface area (TPSA) is 49.7 Å². The summed E-state index contributed by atoms with van der Waals surface area (Å²) in [5, 5.41) is 0.827. The van der Waals surface area contributed by atoms with Crippen molar-refractivity contribution < 1.29 is 14.2 Å². The number of rotatable bonds is 14. The van der Waals surface area contributed by atoms with Gasteiger partial charge in [0.2, 0.25) is 5.75 Å². The Kier molecular flexibility index (Phi) is 10.0. The Morgan fingerprint density at radius 1 is 0.943 bits per heavy atom. The number of unbranched alkanes of at least 4 members (excludes halogenated alkanes) is 3. The lowest BCUT2D eigenvalue weighted by Gasteiger charge is -2.19. The van der Waals surface area contributed by atoms with Crippen LogP contribution in [0.25, 0.3) is 10.9 Å². The van der Waals surface area contributed by atoms with Gasteiger partial charge in [0.05, 0.1) is 5.52 Å². The summed E-state index contributed by atoms with van der Waals surface area (Å²) >= 11 is 0. The SMILES string of the molecule is C=CCOc1c(OCC=C(C)C)c2ccc(OCc3ccccc3)cc2n(CCCCCC)c1=O. The maximum absolute atomic E-state index is 13.6. The molecule has 0 aliphatic rings. The molecule has 0 spiro atoms. The predicted octanol–water partition coefficient (Wildman–Crippen LogP) is 7.07. The van der Waals surface area contributed by atoms with Crippen molar-refractivity contribution in [2.24, 2.45) is 0 Å². The fraction of sp³-hybridized carbons (Fsp3) is 0.367. The Bertz CT molecular complexity index is 1190. The van der Waals surface area contributed by atoms with E-state index in [1.54, 1.807) is 10.6 Å².